The van der Waals surface area contributed by atoms with E-state index in [9.17, 15) is 14.4 Å². The van der Waals surface area contributed by atoms with Crippen LogP contribution in [0.1, 0.15) is 36.0 Å². The molecule has 2 aromatic rings. The number of rotatable bonds is 5. The van der Waals surface area contributed by atoms with Crippen LogP contribution in [0.4, 0.5) is 0 Å². The molecule has 1 N–H and O–H groups in total. The quantitative estimate of drug-likeness (QED) is 0.683. The summed E-state index contributed by atoms with van der Waals surface area (Å²) in [4.78, 5) is 45.0. The lowest BCUT2D eigenvalue weighted by Gasteiger charge is -2.30. The summed E-state index contributed by atoms with van der Waals surface area (Å²) in [6.45, 7) is 0.223. The SMILES string of the molecule is O=C(N[C@H](C(=O)N1C[C@H](Cl)[C@H]2OCC(=O)[C@H]21)C1CCCC1)c1cccc(-c2cccnc2)c1. The minimum Gasteiger partial charge on any atom is -0.366 e. The molecule has 2 amide bonds. The molecule has 2 saturated heterocycles. The number of aromatic nitrogens is 1. The van der Waals surface area contributed by atoms with E-state index in [0.717, 1.165) is 36.8 Å². The number of hydrogen-bond acceptors (Lipinski definition) is 5. The van der Waals surface area contributed by atoms with Gasteiger partial charge in [-0.1, -0.05) is 31.0 Å². The van der Waals surface area contributed by atoms with Crippen molar-refractivity contribution in [2.45, 2.75) is 49.2 Å². The minimum atomic E-state index is -0.696. The molecule has 33 heavy (non-hydrogen) atoms. The number of nitrogens with one attached hydrogen (secondary N) is 1. The van der Waals surface area contributed by atoms with Crippen LogP contribution in [0.15, 0.2) is 48.8 Å². The lowest BCUT2D eigenvalue weighted by molar-refractivity contribution is -0.139. The molecule has 1 aromatic heterocycles. The van der Waals surface area contributed by atoms with E-state index < -0.39 is 23.6 Å². The molecule has 1 aliphatic carbocycles. The fraction of sp³-hybridized carbons (Fsp3) is 0.440. The highest BCUT2D eigenvalue weighted by atomic mass is 35.5. The van der Waals surface area contributed by atoms with Gasteiger partial charge in [-0.15, -0.1) is 11.6 Å². The molecule has 0 radical (unpaired) electrons. The Hall–Kier alpha value is -2.77. The zero-order valence-corrected chi connectivity index (χ0v) is 18.9. The molecule has 0 spiro atoms. The van der Waals surface area contributed by atoms with Gasteiger partial charge in [0.1, 0.15) is 24.8 Å². The number of halogens is 1. The number of benzene rings is 1. The van der Waals surface area contributed by atoms with Gasteiger partial charge in [-0.25, -0.2) is 0 Å². The number of amides is 2. The first-order chi connectivity index (χ1) is 16.0. The first-order valence-electron chi connectivity index (χ1n) is 11.4. The van der Waals surface area contributed by atoms with Crippen molar-refractivity contribution in [3.8, 4) is 11.1 Å². The largest absolute Gasteiger partial charge is 0.366 e. The van der Waals surface area contributed by atoms with E-state index in [1.165, 1.54) is 4.90 Å². The van der Waals surface area contributed by atoms with Crippen LogP contribution in [-0.4, -0.2) is 64.2 Å². The molecule has 5 rings (SSSR count). The van der Waals surface area contributed by atoms with Gasteiger partial charge in [-0.05, 0) is 42.5 Å². The molecule has 1 aromatic carbocycles. The molecule has 2 aliphatic heterocycles. The van der Waals surface area contributed by atoms with E-state index in [-0.39, 0.29) is 36.7 Å². The highest BCUT2D eigenvalue weighted by molar-refractivity contribution is 6.22. The van der Waals surface area contributed by atoms with Crippen LogP contribution in [0.2, 0.25) is 0 Å². The van der Waals surface area contributed by atoms with E-state index in [1.54, 1.807) is 24.5 Å². The topological polar surface area (TPSA) is 88.6 Å². The van der Waals surface area contributed by atoms with E-state index in [1.807, 2.05) is 24.3 Å². The summed E-state index contributed by atoms with van der Waals surface area (Å²) < 4.78 is 5.52. The standard InChI is InChI=1S/C25H26ClN3O4/c26-19-13-29(22-20(30)14-33-23(19)22)25(32)21(15-5-1-2-6-15)28-24(31)17-8-3-7-16(11-17)18-9-4-10-27-12-18/h3-4,7-12,15,19,21-23H,1-2,5-6,13-14H2,(H,28,31)/t19-,21-,22+,23+/m0/s1. The summed E-state index contributed by atoms with van der Waals surface area (Å²) in [6.07, 6.45) is 6.74. The first kappa shape index (κ1) is 22.0. The average Bonchev–Trinajstić information content (AvgIpc) is 3.58. The molecule has 3 fully saturated rings. The molecule has 7 nitrogen and oxygen atoms in total. The number of alkyl halides is 1. The van der Waals surface area contributed by atoms with E-state index in [4.69, 9.17) is 16.3 Å². The third-order valence-corrected chi connectivity index (χ3v) is 7.34. The molecule has 8 heteroatoms. The zero-order valence-electron chi connectivity index (χ0n) is 18.2. The van der Waals surface area contributed by atoms with Crippen molar-refractivity contribution in [2.75, 3.05) is 13.2 Å². The van der Waals surface area contributed by atoms with Gasteiger partial charge in [0.2, 0.25) is 5.91 Å². The maximum Gasteiger partial charge on any atom is 0.251 e. The fourth-order valence-corrected chi connectivity index (χ4v) is 5.63. The second kappa shape index (κ2) is 9.23. The second-order valence-corrected chi connectivity index (χ2v) is 9.57. The maximum absolute atomic E-state index is 13.7. The smallest absolute Gasteiger partial charge is 0.251 e. The minimum absolute atomic E-state index is 0.0239. The van der Waals surface area contributed by atoms with Gasteiger partial charge in [0.15, 0.2) is 5.78 Å². The highest BCUT2D eigenvalue weighted by Gasteiger charge is 2.53. The summed E-state index contributed by atoms with van der Waals surface area (Å²) in [5.41, 5.74) is 2.26. The van der Waals surface area contributed by atoms with Crippen LogP contribution in [0.25, 0.3) is 11.1 Å². The van der Waals surface area contributed by atoms with Gasteiger partial charge in [0, 0.05) is 30.1 Å². The van der Waals surface area contributed by atoms with Crippen LogP contribution in [0, 0.1) is 5.92 Å². The Morgan fingerprint density at radius 2 is 1.94 bits per heavy atom. The monoisotopic (exact) mass is 467 g/mol. The number of pyridine rings is 1. The predicted octanol–water partition coefficient (Wildman–Crippen LogP) is 2.82. The van der Waals surface area contributed by atoms with Crippen LogP contribution in [-0.2, 0) is 14.3 Å². The lowest BCUT2D eigenvalue weighted by Crippen LogP contribution is -2.54. The summed E-state index contributed by atoms with van der Waals surface area (Å²) >= 11 is 6.40. The van der Waals surface area contributed by atoms with Gasteiger partial charge in [0.05, 0.1) is 5.38 Å². The Bertz CT molecular complexity index is 1060. The van der Waals surface area contributed by atoms with Crippen molar-refractivity contribution in [1.29, 1.82) is 0 Å². The highest BCUT2D eigenvalue weighted by Crippen LogP contribution is 2.34. The van der Waals surface area contributed by atoms with E-state index >= 15 is 0 Å². The molecule has 3 heterocycles. The van der Waals surface area contributed by atoms with Crippen molar-refractivity contribution in [1.82, 2.24) is 15.2 Å². The van der Waals surface area contributed by atoms with Crippen molar-refractivity contribution in [3.63, 3.8) is 0 Å². The molecule has 1 saturated carbocycles. The first-order valence-corrected chi connectivity index (χ1v) is 11.9. The number of carbonyl (C=O) groups excluding carboxylic acids is 3. The normalized spacial score (nSPS) is 25.8. The second-order valence-electron chi connectivity index (χ2n) is 9.01. The Morgan fingerprint density at radius 1 is 1.15 bits per heavy atom. The molecule has 0 unspecified atom stereocenters. The van der Waals surface area contributed by atoms with Crippen molar-refractivity contribution >= 4 is 29.2 Å². The van der Waals surface area contributed by atoms with Crippen LogP contribution in [0.5, 0.6) is 0 Å². The lowest BCUT2D eigenvalue weighted by atomic mass is 9.95. The Morgan fingerprint density at radius 3 is 2.70 bits per heavy atom. The Balaban J connectivity index is 1.38. The molecular formula is C25H26ClN3O4. The van der Waals surface area contributed by atoms with Crippen molar-refractivity contribution in [2.24, 2.45) is 5.92 Å². The van der Waals surface area contributed by atoms with E-state index in [0.29, 0.717) is 5.56 Å². The van der Waals surface area contributed by atoms with E-state index in [2.05, 4.69) is 10.3 Å². The number of Topliss-reactive ketones (excluding diaryl/α,β-unsaturated/α-hetero) is 1. The average molecular weight is 468 g/mol. The number of fused-ring (bicyclic) bond motifs is 1. The number of hydrogen-bond donors (Lipinski definition) is 1. The predicted molar refractivity (Wildman–Crippen MR) is 123 cm³/mol. The van der Waals surface area contributed by atoms with Gasteiger partial charge in [-0.2, -0.15) is 0 Å². The zero-order chi connectivity index (χ0) is 22.9. The Labute approximate surface area is 197 Å². The number of ketones is 1. The van der Waals surface area contributed by atoms with Gasteiger partial charge in [-0.3, -0.25) is 19.4 Å². The number of nitrogens with zero attached hydrogens (tertiary/aromatic N) is 2. The van der Waals surface area contributed by atoms with Gasteiger partial charge < -0.3 is 15.0 Å². The third kappa shape index (κ3) is 4.27. The molecular weight excluding hydrogens is 442 g/mol. The van der Waals surface area contributed by atoms with Crippen molar-refractivity contribution < 1.29 is 19.1 Å². The summed E-state index contributed by atoms with van der Waals surface area (Å²) in [7, 11) is 0. The number of likely N-dealkylation sites (tertiary alicyclic amines) is 1. The number of ether oxygens (including phenoxy) is 1. The molecule has 4 atom stereocenters. The number of carbonyl (C=O) groups is 3. The van der Waals surface area contributed by atoms with Gasteiger partial charge >= 0.3 is 0 Å². The molecule has 3 aliphatic rings. The summed E-state index contributed by atoms with van der Waals surface area (Å²) in [5.74, 6) is -0.640. The summed E-state index contributed by atoms with van der Waals surface area (Å²) in [6, 6.07) is 9.71. The van der Waals surface area contributed by atoms with Crippen LogP contribution >= 0.6 is 11.6 Å². The maximum atomic E-state index is 13.7. The fourth-order valence-electron chi connectivity index (χ4n) is 5.27. The Kier molecular flexibility index (Phi) is 6.17. The molecule has 172 valence electrons. The third-order valence-electron chi connectivity index (χ3n) is 6.95. The van der Waals surface area contributed by atoms with Crippen molar-refractivity contribution in [3.05, 3.63) is 54.4 Å². The summed E-state index contributed by atoms with van der Waals surface area (Å²) in [5, 5.41) is 2.57. The molecule has 0 bridgehead atoms. The van der Waals surface area contributed by atoms with Gasteiger partial charge in [0.25, 0.3) is 5.91 Å². The van der Waals surface area contributed by atoms with Crippen LogP contribution in [0.3, 0.4) is 0 Å². The van der Waals surface area contributed by atoms with Crippen LogP contribution < -0.4 is 5.32 Å².